The third-order valence-electron chi connectivity index (χ3n) is 6.88. The third kappa shape index (κ3) is 5.57. The molecule has 1 fully saturated rings. The molecule has 36 heavy (non-hydrogen) atoms. The first-order valence-electron chi connectivity index (χ1n) is 12.3. The first-order valence-corrected chi connectivity index (χ1v) is 13.1. The number of ether oxygens (including phenoxy) is 2. The summed E-state index contributed by atoms with van der Waals surface area (Å²) in [4.78, 5) is 20.0. The molecule has 3 heterocycles. The molecular weight excluding hydrogens is 524 g/mol. The van der Waals surface area contributed by atoms with Crippen LogP contribution in [0.2, 0.25) is 0 Å². The second-order valence-corrected chi connectivity index (χ2v) is 11.0. The number of piperidine rings is 1. The van der Waals surface area contributed by atoms with E-state index in [1.165, 1.54) is 0 Å². The summed E-state index contributed by atoms with van der Waals surface area (Å²) in [5.74, 6) is 2.78. The van der Waals surface area contributed by atoms with Crippen LogP contribution >= 0.6 is 15.9 Å². The standard InChI is InChI=1S/C27H31BrN4O4/c1-27(2)15-22(21-9-8-20(34-3)14-23(21)35-27)29-26(33)18-10-12-32(13-11-18)16-24-30-25(31-36-24)17-4-6-19(28)7-5-17/h4-9,14,18,22H,10-13,15-16H2,1-3H3,(H,29,33). The highest BCUT2D eigenvalue weighted by Crippen LogP contribution is 2.41. The number of amides is 1. The molecule has 1 unspecified atom stereocenters. The molecule has 2 aliphatic heterocycles. The molecule has 1 saturated heterocycles. The average molecular weight is 555 g/mol. The molecule has 0 spiro atoms. The van der Waals surface area contributed by atoms with Crippen molar-refractivity contribution in [2.24, 2.45) is 5.92 Å². The summed E-state index contributed by atoms with van der Waals surface area (Å²) in [6, 6.07) is 13.5. The van der Waals surface area contributed by atoms with E-state index in [-0.39, 0.29) is 23.5 Å². The number of carbonyl (C=O) groups excluding carboxylic acids is 1. The summed E-state index contributed by atoms with van der Waals surface area (Å²) in [5.41, 5.74) is 1.54. The lowest BCUT2D eigenvalue weighted by Crippen LogP contribution is -2.45. The Labute approximate surface area is 219 Å². The second kappa shape index (κ2) is 10.2. The fourth-order valence-electron chi connectivity index (χ4n) is 4.96. The summed E-state index contributed by atoms with van der Waals surface area (Å²) in [7, 11) is 1.64. The molecule has 0 aliphatic carbocycles. The maximum atomic E-state index is 13.2. The van der Waals surface area contributed by atoms with Gasteiger partial charge in [0.1, 0.15) is 17.1 Å². The van der Waals surface area contributed by atoms with Gasteiger partial charge in [0.2, 0.25) is 17.6 Å². The molecule has 8 nitrogen and oxygen atoms in total. The topological polar surface area (TPSA) is 89.7 Å². The van der Waals surface area contributed by atoms with Crippen molar-refractivity contribution in [3.63, 3.8) is 0 Å². The molecule has 9 heteroatoms. The first kappa shape index (κ1) is 24.8. The summed E-state index contributed by atoms with van der Waals surface area (Å²) in [5, 5.41) is 7.43. The van der Waals surface area contributed by atoms with Crippen molar-refractivity contribution in [1.82, 2.24) is 20.4 Å². The normalized spacial score (nSPS) is 19.8. The van der Waals surface area contributed by atoms with Crippen molar-refractivity contribution in [2.75, 3.05) is 20.2 Å². The maximum absolute atomic E-state index is 13.2. The molecule has 190 valence electrons. The molecular formula is C27H31BrN4O4. The van der Waals surface area contributed by atoms with Crippen LogP contribution < -0.4 is 14.8 Å². The van der Waals surface area contributed by atoms with Gasteiger partial charge in [-0.2, -0.15) is 4.98 Å². The predicted octanol–water partition coefficient (Wildman–Crippen LogP) is 5.14. The van der Waals surface area contributed by atoms with E-state index in [4.69, 9.17) is 14.0 Å². The predicted molar refractivity (Wildman–Crippen MR) is 139 cm³/mol. The summed E-state index contributed by atoms with van der Waals surface area (Å²) in [6.45, 7) is 6.29. The Kier molecular flexibility index (Phi) is 7.03. The Morgan fingerprint density at radius 1 is 1.19 bits per heavy atom. The highest BCUT2D eigenvalue weighted by molar-refractivity contribution is 9.10. The first-order chi connectivity index (χ1) is 17.3. The zero-order valence-electron chi connectivity index (χ0n) is 20.8. The van der Waals surface area contributed by atoms with Crippen LogP contribution in [0.4, 0.5) is 0 Å². The van der Waals surface area contributed by atoms with Crippen LogP contribution in [0.1, 0.15) is 50.6 Å². The fraction of sp³-hybridized carbons (Fsp3) is 0.444. The summed E-state index contributed by atoms with van der Waals surface area (Å²) in [6.07, 6.45) is 2.30. The molecule has 0 saturated carbocycles. The number of likely N-dealkylation sites (tertiary alicyclic amines) is 1. The van der Waals surface area contributed by atoms with Gasteiger partial charge < -0.3 is 19.3 Å². The highest BCUT2D eigenvalue weighted by Gasteiger charge is 2.36. The van der Waals surface area contributed by atoms with Gasteiger partial charge in [0.15, 0.2) is 0 Å². The maximum Gasteiger partial charge on any atom is 0.241 e. The second-order valence-electron chi connectivity index (χ2n) is 10.1. The molecule has 1 atom stereocenters. The minimum atomic E-state index is -0.375. The van der Waals surface area contributed by atoms with Crippen molar-refractivity contribution < 1.29 is 18.8 Å². The minimum Gasteiger partial charge on any atom is -0.497 e. The van der Waals surface area contributed by atoms with E-state index in [1.807, 2.05) is 56.3 Å². The monoisotopic (exact) mass is 554 g/mol. The quantitative estimate of drug-likeness (QED) is 0.451. The van der Waals surface area contributed by atoms with Gasteiger partial charge in [-0.05, 0) is 76.2 Å². The van der Waals surface area contributed by atoms with Gasteiger partial charge in [-0.15, -0.1) is 0 Å². The lowest BCUT2D eigenvalue weighted by molar-refractivity contribution is -0.127. The average Bonchev–Trinajstić information content (AvgIpc) is 3.32. The van der Waals surface area contributed by atoms with Crippen molar-refractivity contribution in [3.05, 3.63) is 58.4 Å². The molecule has 1 amide bonds. The van der Waals surface area contributed by atoms with E-state index >= 15 is 0 Å². The number of hydrogen-bond donors (Lipinski definition) is 1. The SMILES string of the molecule is COc1ccc2c(c1)OC(C)(C)CC2NC(=O)C1CCN(Cc2nc(-c3ccc(Br)cc3)no2)CC1. The van der Waals surface area contributed by atoms with Crippen LogP contribution in [0.15, 0.2) is 51.5 Å². The van der Waals surface area contributed by atoms with Gasteiger partial charge in [-0.1, -0.05) is 21.1 Å². The highest BCUT2D eigenvalue weighted by atomic mass is 79.9. The Morgan fingerprint density at radius 2 is 1.94 bits per heavy atom. The molecule has 5 rings (SSSR count). The van der Waals surface area contributed by atoms with Crippen LogP contribution in [-0.2, 0) is 11.3 Å². The van der Waals surface area contributed by atoms with Crippen LogP contribution in [0.25, 0.3) is 11.4 Å². The number of nitrogens with zero attached hydrogens (tertiary/aromatic N) is 3. The van der Waals surface area contributed by atoms with E-state index in [0.29, 0.717) is 18.3 Å². The van der Waals surface area contributed by atoms with Gasteiger partial charge in [0.25, 0.3) is 0 Å². The number of fused-ring (bicyclic) bond motifs is 1. The number of nitrogens with one attached hydrogen (secondary N) is 1. The zero-order valence-corrected chi connectivity index (χ0v) is 22.4. The number of aromatic nitrogens is 2. The van der Waals surface area contributed by atoms with Crippen LogP contribution in [0, 0.1) is 5.92 Å². The van der Waals surface area contributed by atoms with Crippen LogP contribution in [0.5, 0.6) is 11.5 Å². The molecule has 3 aromatic rings. The van der Waals surface area contributed by atoms with E-state index in [0.717, 1.165) is 59.5 Å². The number of rotatable bonds is 6. The molecule has 0 radical (unpaired) electrons. The van der Waals surface area contributed by atoms with Crippen molar-refractivity contribution >= 4 is 21.8 Å². The number of methoxy groups -OCH3 is 1. The fourth-order valence-corrected chi connectivity index (χ4v) is 5.22. The lowest BCUT2D eigenvalue weighted by atomic mass is 9.88. The summed E-state index contributed by atoms with van der Waals surface area (Å²) >= 11 is 3.44. The number of hydrogen-bond acceptors (Lipinski definition) is 7. The van der Waals surface area contributed by atoms with E-state index in [9.17, 15) is 4.79 Å². The number of benzene rings is 2. The van der Waals surface area contributed by atoms with E-state index < -0.39 is 0 Å². The molecule has 2 aromatic carbocycles. The van der Waals surface area contributed by atoms with Crippen molar-refractivity contribution in [3.8, 4) is 22.9 Å². The molecule has 0 bridgehead atoms. The van der Waals surface area contributed by atoms with Crippen LogP contribution in [0.3, 0.4) is 0 Å². The van der Waals surface area contributed by atoms with Gasteiger partial charge in [0.05, 0.1) is 19.7 Å². The van der Waals surface area contributed by atoms with Crippen molar-refractivity contribution in [2.45, 2.75) is 51.3 Å². The van der Waals surface area contributed by atoms with Gasteiger partial charge in [-0.25, -0.2) is 0 Å². The van der Waals surface area contributed by atoms with Crippen LogP contribution in [-0.4, -0.2) is 46.7 Å². The molecule has 2 aliphatic rings. The Hall–Kier alpha value is -2.91. The smallest absolute Gasteiger partial charge is 0.241 e. The van der Waals surface area contributed by atoms with Gasteiger partial charge in [-0.3, -0.25) is 9.69 Å². The third-order valence-corrected chi connectivity index (χ3v) is 7.41. The Morgan fingerprint density at radius 3 is 2.67 bits per heavy atom. The van der Waals surface area contributed by atoms with E-state index in [1.54, 1.807) is 7.11 Å². The lowest BCUT2D eigenvalue weighted by Gasteiger charge is -2.39. The number of halogens is 1. The zero-order chi connectivity index (χ0) is 25.3. The van der Waals surface area contributed by atoms with E-state index in [2.05, 4.69) is 36.3 Å². The summed E-state index contributed by atoms with van der Waals surface area (Å²) < 4.78 is 18.0. The van der Waals surface area contributed by atoms with Gasteiger partial charge in [0, 0.05) is 34.0 Å². The minimum absolute atomic E-state index is 0.0186. The Balaban J connectivity index is 1.16. The number of carbonyl (C=O) groups is 1. The molecule has 1 N–H and O–H groups in total. The van der Waals surface area contributed by atoms with Crippen molar-refractivity contribution in [1.29, 1.82) is 0 Å². The molecule has 1 aromatic heterocycles. The largest absolute Gasteiger partial charge is 0.497 e. The Bertz CT molecular complexity index is 1220. The van der Waals surface area contributed by atoms with Gasteiger partial charge >= 0.3 is 0 Å².